The van der Waals surface area contributed by atoms with E-state index in [-0.39, 0.29) is 11.8 Å². The normalized spacial score (nSPS) is 18.2. The van der Waals surface area contributed by atoms with Gasteiger partial charge in [0.2, 0.25) is 5.91 Å². The first kappa shape index (κ1) is 12.0. The number of hydrogen-bond donors (Lipinski definition) is 1. The van der Waals surface area contributed by atoms with Crippen molar-refractivity contribution in [3.05, 3.63) is 12.4 Å². The number of aliphatic hydroxyl groups is 1. The second-order valence-electron chi connectivity index (χ2n) is 4.92. The molecule has 2 rings (SSSR count). The molecule has 0 aromatic carbocycles. The van der Waals surface area contributed by atoms with Crippen LogP contribution in [0.25, 0.3) is 0 Å². The van der Waals surface area contributed by atoms with Crippen LogP contribution in [0.1, 0.15) is 20.3 Å². The van der Waals surface area contributed by atoms with E-state index in [1.165, 1.54) is 0 Å². The highest BCUT2D eigenvalue weighted by Crippen LogP contribution is 2.28. The third-order valence-electron chi connectivity index (χ3n) is 3.38. The zero-order chi connectivity index (χ0) is 12.5. The molecule has 1 aliphatic heterocycles. The summed E-state index contributed by atoms with van der Waals surface area (Å²) in [5.74, 6) is 0.243. The first-order valence-corrected chi connectivity index (χ1v) is 5.85. The Balaban J connectivity index is 1.76. The van der Waals surface area contributed by atoms with Gasteiger partial charge in [-0.1, -0.05) is 19.1 Å². The van der Waals surface area contributed by atoms with Gasteiger partial charge in [0.05, 0.1) is 25.8 Å². The van der Waals surface area contributed by atoms with Crippen LogP contribution in [0.5, 0.6) is 0 Å². The van der Waals surface area contributed by atoms with Crippen molar-refractivity contribution in [2.75, 3.05) is 13.1 Å². The Morgan fingerprint density at radius 2 is 2.24 bits per heavy atom. The molecule has 1 fully saturated rings. The van der Waals surface area contributed by atoms with Crippen LogP contribution in [0.3, 0.4) is 0 Å². The summed E-state index contributed by atoms with van der Waals surface area (Å²) in [6.45, 7) is 5.37. The van der Waals surface area contributed by atoms with Gasteiger partial charge >= 0.3 is 0 Å². The molecule has 17 heavy (non-hydrogen) atoms. The summed E-state index contributed by atoms with van der Waals surface area (Å²) in [5, 5.41) is 17.5. The first-order chi connectivity index (χ1) is 8.01. The van der Waals surface area contributed by atoms with Gasteiger partial charge in [0.15, 0.2) is 0 Å². The third kappa shape index (κ3) is 2.46. The molecule has 1 aromatic rings. The molecule has 0 bridgehead atoms. The molecule has 2 heterocycles. The maximum absolute atomic E-state index is 11.8. The van der Waals surface area contributed by atoms with Crippen molar-refractivity contribution in [1.82, 2.24) is 19.9 Å². The van der Waals surface area contributed by atoms with Gasteiger partial charge in [0, 0.05) is 12.6 Å². The van der Waals surface area contributed by atoms with Gasteiger partial charge in [-0.2, -0.15) is 0 Å². The summed E-state index contributed by atoms with van der Waals surface area (Å²) in [7, 11) is 0. The Kier molecular flexibility index (Phi) is 3.15. The van der Waals surface area contributed by atoms with Crippen LogP contribution in [0, 0.1) is 5.92 Å². The molecule has 1 aliphatic rings. The van der Waals surface area contributed by atoms with Crippen LogP contribution in [0.4, 0.5) is 0 Å². The zero-order valence-electron chi connectivity index (χ0n) is 10.2. The summed E-state index contributed by atoms with van der Waals surface area (Å²) >= 11 is 0. The van der Waals surface area contributed by atoms with Crippen molar-refractivity contribution in [2.45, 2.75) is 32.4 Å². The highest BCUT2D eigenvalue weighted by molar-refractivity contribution is 5.77. The van der Waals surface area contributed by atoms with Gasteiger partial charge in [-0.15, -0.1) is 5.10 Å². The summed E-state index contributed by atoms with van der Waals surface area (Å²) in [6.07, 6.45) is 3.72. The fourth-order valence-electron chi connectivity index (χ4n) is 1.88. The number of β-amino-alcohol motifs (C(OH)–C–C–N with tert-alkyl or cyclic N) is 1. The quantitative estimate of drug-likeness (QED) is 0.795. The number of likely N-dealkylation sites (tertiary alicyclic amines) is 1. The highest BCUT2D eigenvalue weighted by Gasteiger charge is 2.45. The van der Waals surface area contributed by atoms with Crippen LogP contribution in [0.2, 0.25) is 0 Å². The Labute approximate surface area is 100 Å². The molecule has 0 aliphatic carbocycles. The number of aromatic nitrogens is 3. The number of aryl methyl sites for hydroxylation is 1. The average Bonchev–Trinajstić information content (AvgIpc) is 2.73. The molecule has 0 spiro atoms. The third-order valence-corrected chi connectivity index (χ3v) is 3.38. The Morgan fingerprint density at radius 3 is 2.76 bits per heavy atom. The number of nitrogens with zero attached hydrogens (tertiary/aromatic N) is 4. The van der Waals surface area contributed by atoms with Gasteiger partial charge in [-0.3, -0.25) is 9.48 Å². The van der Waals surface area contributed by atoms with E-state index in [4.69, 9.17) is 0 Å². The van der Waals surface area contributed by atoms with Crippen molar-refractivity contribution in [1.29, 1.82) is 0 Å². The molecular formula is C11H18N4O2. The minimum atomic E-state index is -0.692. The van der Waals surface area contributed by atoms with Crippen LogP contribution in [-0.2, 0) is 11.3 Å². The van der Waals surface area contributed by atoms with Crippen LogP contribution in [-0.4, -0.2) is 49.6 Å². The lowest BCUT2D eigenvalue weighted by atomic mass is 9.83. The summed E-state index contributed by atoms with van der Waals surface area (Å²) in [6, 6.07) is 0. The van der Waals surface area contributed by atoms with Gasteiger partial charge < -0.3 is 10.0 Å². The van der Waals surface area contributed by atoms with E-state index in [1.54, 1.807) is 22.0 Å². The fourth-order valence-corrected chi connectivity index (χ4v) is 1.88. The van der Waals surface area contributed by atoms with E-state index in [0.29, 0.717) is 26.1 Å². The van der Waals surface area contributed by atoms with Gasteiger partial charge in [0.1, 0.15) is 5.60 Å². The topological polar surface area (TPSA) is 71.2 Å². The van der Waals surface area contributed by atoms with Crippen molar-refractivity contribution < 1.29 is 9.90 Å². The van der Waals surface area contributed by atoms with E-state index in [9.17, 15) is 9.90 Å². The molecule has 1 N–H and O–H groups in total. The van der Waals surface area contributed by atoms with Crippen molar-refractivity contribution >= 4 is 5.91 Å². The molecule has 1 saturated heterocycles. The first-order valence-electron chi connectivity index (χ1n) is 5.85. The molecule has 1 amide bonds. The Hall–Kier alpha value is -1.43. The predicted molar refractivity (Wildman–Crippen MR) is 61.0 cm³/mol. The summed E-state index contributed by atoms with van der Waals surface area (Å²) in [4.78, 5) is 13.5. The zero-order valence-corrected chi connectivity index (χ0v) is 10.2. The standard InChI is InChI=1S/C11H18N4O2/c1-9(2)11(17)7-14(8-11)10(16)3-5-15-6-4-12-13-15/h4,6,9,17H,3,5,7-8H2,1-2H3. The number of amides is 1. The molecule has 6 nitrogen and oxygen atoms in total. The number of hydrogen-bond acceptors (Lipinski definition) is 4. The Morgan fingerprint density at radius 1 is 1.53 bits per heavy atom. The number of carbonyl (C=O) groups is 1. The molecular weight excluding hydrogens is 220 g/mol. The number of rotatable bonds is 4. The molecule has 0 unspecified atom stereocenters. The van der Waals surface area contributed by atoms with Gasteiger partial charge in [-0.05, 0) is 5.92 Å². The predicted octanol–water partition coefficient (Wildman–Crippen LogP) is -0.103. The number of carbonyl (C=O) groups excluding carboxylic acids is 1. The second-order valence-corrected chi connectivity index (χ2v) is 4.92. The minimum Gasteiger partial charge on any atom is -0.386 e. The lowest BCUT2D eigenvalue weighted by molar-refractivity contribution is -0.164. The highest BCUT2D eigenvalue weighted by atomic mass is 16.3. The maximum Gasteiger partial charge on any atom is 0.224 e. The lowest BCUT2D eigenvalue weighted by Crippen LogP contribution is -2.66. The van der Waals surface area contributed by atoms with E-state index < -0.39 is 5.60 Å². The molecule has 0 saturated carbocycles. The average molecular weight is 238 g/mol. The van der Waals surface area contributed by atoms with E-state index in [1.807, 2.05) is 13.8 Å². The molecule has 0 atom stereocenters. The molecule has 94 valence electrons. The van der Waals surface area contributed by atoms with Gasteiger partial charge in [-0.25, -0.2) is 0 Å². The SMILES string of the molecule is CC(C)C1(O)CN(C(=O)CCn2ccnn2)C1. The summed E-state index contributed by atoms with van der Waals surface area (Å²) in [5.41, 5.74) is -0.692. The monoisotopic (exact) mass is 238 g/mol. The molecule has 1 aromatic heterocycles. The van der Waals surface area contributed by atoms with Crippen LogP contribution in [0.15, 0.2) is 12.4 Å². The van der Waals surface area contributed by atoms with Crippen molar-refractivity contribution in [2.24, 2.45) is 5.92 Å². The van der Waals surface area contributed by atoms with Crippen LogP contribution >= 0.6 is 0 Å². The second kappa shape index (κ2) is 4.44. The largest absolute Gasteiger partial charge is 0.386 e. The van der Waals surface area contributed by atoms with Crippen molar-refractivity contribution in [3.8, 4) is 0 Å². The van der Waals surface area contributed by atoms with Gasteiger partial charge in [0.25, 0.3) is 0 Å². The van der Waals surface area contributed by atoms with E-state index in [2.05, 4.69) is 10.3 Å². The maximum atomic E-state index is 11.8. The Bertz CT molecular complexity index is 382. The minimum absolute atomic E-state index is 0.0609. The van der Waals surface area contributed by atoms with Crippen LogP contribution < -0.4 is 0 Å². The van der Waals surface area contributed by atoms with Crippen molar-refractivity contribution in [3.63, 3.8) is 0 Å². The lowest BCUT2D eigenvalue weighted by Gasteiger charge is -2.49. The molecule has 6 heteroatoms. The van der Waals surface area contributed by atoms with E-state index >= 15 is 0 Å². The van der Waals surface area contributed by atoms with E-state index in [0.717, 1.165) is 0 Å². The molecule has 0 radical (unpaired) electrons. The summed E-state index contributed by atoms with van der Waals surface area (Å²) < 4.78 is 1.63. The fraction of sp³-hybridized carbons (Fsp3) is 0.727. The smallest absolute Gasteiger partial charge is 0.224 e.